The Labute approximate surface area is 122 Å². The van der Waals surface area contributed by atoms with Crippen LogP contribution in [0.15, 0.2) is 6.07 Å². The van der Waals surface area contributed by atoms with Crippen LogP contribution in [0.4, 0.5) is 24.9 Å². The van der Waals surface area contributed by atoms with Gasteiger partial charge in [0.25, 0.3) is 0 Å². The Morgan fingerprint density at radius 1 is 1.35 bits per heavy atom. The molecule has 0 amide bonds. The molecule has 1 fully saturated rings. The van der Waals surface area contributed by atoms with Gasteiger partial charge in [-0.2, -0.15) is 41.7 Å². The van der Waals surface area contributed by atoms with E-state index in [1.807, 2.05) is 28.9 Å². The van der Waals surface area contributed by atoms with E-state index in [-0.39, 0.29) is 11.8 Å². The number of nitrogens with zero attached hydrogens (tertiary/aromatic N) is 2. The number of halogens is 3. The van der Waals surface area contributed by atoms with Crippen molar-refractivity contribution in [3.63, 3.8) is 0 Å². The summed E-state index contributed by atoms with van der Waals surface area (Å²) in [5.74, 6) is 8.12. The minimum atomic E-state index is -4.53. The predicted octanol–water partition coefficient (Wildman–Crippen LogP) is 2.04. The molecule has 1 aliphatic heterocycles. The Kier molecular flexibility index (Phi) is 5.22. The SMILES string of the molecule is NNc1nc(NCC2CSCCS2)cc(C(F)(F)F)n1. The second-order valence-corrected chi connectivity index (χ2v) is 6.61. The van der Waals surface area contributed by atoms with E-state index in [2.05, 4.69) is 15.3 Å². The van der Waals surface area contributed by atoms with Crippen molar-refractivity contribution in [3.05, 3.63) is 11.8 Å². The number of nitrogen functional groups attached to an aromatic ring is 1. The van der Waals surface area contributed by atoms with Crippen molar-refractivity contribution in [1.29, 1.82) is 0 Å². The third kappa shape index (κ3) is 4.32. The van der Waals surface area contributed by atoms with E-state index in [4.69, 9.17) is 5.84 Å². The first kappa shape index (κ1) is 15.5. The summed E-state index contributed by atoms with van der Waals surface area (Å²) in [5.41, 5.74) is 1.03. The van der Waals surface area contributed by atoms with Crippen LogP contribution in [0.5, 0.6) is 0 Å². The molecule has 2 heterocycles. The lowest BCUT2D eigenvalue weighted by atomic mass is 10.3. The maximum atomic E-state index is 12.7. The van der Waals surface area contributed by atoms with E-state index in [1.54, 1.807) is 0 Å². The van der Waals surface area contributed by atoms with Gasteiger partial charge < -0.3 is 5.32 Å². The van der Waals surface area contributed by atoms with Crippen LogP contribution >= 0.6 is 23.5 Å². The first-order valence-electron chi connectivity index (χ1n) is 5.85. The van der Waals surface area contributed by atoms with Crippen molar-refractivity contribution in [2.75, 3.05) is 34.5 Å². The Balaban J connectivity index is 2.06. The molecule has 1 saturated heterocycles. The van der Waals surface area contributed by atoms with E-state index in [1.165, 1.54) is 0 Å². The van der Waals surface area contributed by atoms with Crippen molar-refractivity contribution in [1.82, 2.24) is 9.97 Å². The average Bonchev–Trinajstić information content (AvgIpc) is 2.45. The molecule has 2 rings (SSSR count). The lowest BCUT2D eigenvalue weighted by Crippen LogP contribution is -2.24. The molecule has 0 aliphatic carbocycles. The molecule has 10 heteroatoms. The first-order valence-corrected chi connectivity index (χ1v) is 8.05. The van der Waals surface area contributed by atoms with Crippen molar-refractivity contribution in [2.24, 2.45) is 5.84 Å². The number of rotatable bonds is 4. The van der Waals surface area contributed by atoms with Crippen LogP contribution in [-0.4, -0.2) is 39.0 Å². The molecule has 1 atom stereocenters. The van der Waals surface area contributed by atoms with Gasteiger partial charge in [0.05, 0.1) is 0 Å². The van der Waals surface area contributed by atoms with Gasteiger partial charge in [-0.25, -0.2) is 10.8 Å². The van der Waals surface area contributed by atoms with Gasteiger partial charge in [0.1, 0.15) is 5.82 Å². The first-order chi connectivity index (χ1) is 9.49. The zero-order valence-electron chi connectivity index (χ0n) is 10.4. The number of hydrogen-bond acceptors (Lipinski definition) is 7. The quantitative estimate of drug-likeness (QED) is 0.578. The highest BCUT2D eigenvalue weighted by atomic mass is 32.2. The van der Waals surface area contributed by atoms with Crippen LogP contribution in [0, 0.1) is 0 Å². The van der Waals surface area contributed by atoms with Crippen LogP contribution in [0.3, 0.4) is 0 Å². The summed E-state index contributed by atoms with van der Waals surface area (Å²) in [7, 11) is 0. The van der Waals surface area contributed by atoms with E-state index in [0.29, 0.717) is 11.8 Å². The Morgan fingerprint density at radius 3 is 2.75 bits per heavy atom. The van der Waals surface area contributed by atoms with Crippen molar-refractivity contribution < 1.29 is 13.2 Å². The second kappa shape index (κ2) is 6.72. The fourth-order valence-electron chi connectivity index (χ4n) is 1.62. The third-order valence-corrected chi connectivity index (χ3v) is 5.39. The van der Waals surface area contributed by atoms with E-state index >= 15 is 0 Å². The molecular formula is C10H14F3N5S2. The summed E-state index contributed by atoms with van der Waals surface area (Å²) in [6.07, 6.45) is -4.53. The molecular weight excluding hydrogens is 311 g/mol. The summed E-state index contributed by atoms with van der Waals surface area (Å²) in [6, 6.07) is 0.890. The molecule has 5 nitrogen and oxygen atoms in total. The standard InChI is InChI=1S/C10H14F3N5S2/c11-10(12,13)7-3-8(17-9(16-7)18-14)15-4-6-5-19-1-2-20-6/h3,6H,1-2,4-5,14H2,(H2,15,16,17,18). The lowest BCUT2D eigenvalue weighted by Gasteiger charge is -2.21. The second-order valence-electron chi connectivity index (χ2n) is 4.05. The lowest BCUT2D eigenvalue weighted by molar-refractivity contribution is -0.141. The Hall–Kier alpha value is -0.870. The molecule has 4 N–H and O–H groups in total. The number of aromatic nitrogens is 2. The molecule has 0 bridgehead atoms. The molecule has 112 valence electrons. The van der Waals surface area contributed by atoms with Gasteiger partial charge in [0.2, 0.25) is 5.95 Å². The summed E-state index contributed by atoms with van der Waals surface area (Å²) in [6.45, 7) is 0.565. The number of nitrogens with one attached hydrogen (secondary N) is 2. The summed E-state index contributed by atoms with van der Waals surface area (Å²) >= 11 is 3.66. The highest BCUT2D eigenvalue weighted by Crippen LogP contribution is 2.30. The smallest absolute Gasteiger partial charge is 0.369 e. The fourth-order valence-corrected chi connectivity index (χ4v) is 4.23. The minimum Gasteiger partial charge on any atom is -0.369 e. The van der Waals surface area contributed by atoms with E-state index in [0.717, 1.165) is 23.3 Å². The molecule has 1 aromatic rings. The fraction of sp³-hybridized carbons (Fsp3) is 0.600. The summed E-state index contributed by atoms with van der Waals surface area (Å²) in [4.78, 5) is 7.17. The topological polar surface area (TPSA) is 75.9 Å². The van der Waals surface area contributed by atoms with Gasteiger partial charge in [-0.05, 0) is 0 Å². The zero-order valence-corrected chi connectivity index (χ0v) is 12.0. The van der Waals surface area contributed by atoms with E-state index in [9.17, 15) is 13.2 Å². The molecule has 1 aromatic heterocycles. The number of hydrogen-bond donors (Lipinski definition) is 3. The highest BCUT2D eigenvalue weighted by Gasteiger charge is 2.33. The van der Waals surface area contributed by atoms with Crippen LogP contribution in [0.25, 0.3) is 0 Å². The maximum absolute atomic E-state index is 12.7. The average molecular weight is 325 g/mol. The summed E-state index contributed by atoms with van der Waals surface area (Å²) < 4.78 is 38.1. The molecule has 20 heavy (non-hydrogen) atoms. The normalized spacial score (nSPS) is 19.7. The molecule has 0 radical (unpaired) electrons. The number of alkyl halides is 3. The predicted molar refractivity (Wildman–Crippen MR) is 76.9 cm³/mol. The van der Waals surface area contributed by atoms with Crippen LogP contribution in [0.2, 0.25) is 0 Å². The highest BCUT2D eigenvalue weighted by molar-refractivity contribution is 8.06. The molecule has 0 aromatic carbocycles. The third-order valence-electron chi connectivity index (χ3n) is 2.54. The van der Waals surface area contributed by atoms with Gasteiger partial charge in [0.15, 0.2) is 5.69 Å². The largest absolute Gasteiger partial charge is 0.433 e. The Bertz CT molecular complexity index is 451. The molecule has 1 aliphatic rings. The van der Waals surface area contributed by atoms with Gasteiger partial charge in [-0.3, -0.25) is 5.43 Å². The number of thioether (sulfide) groups is 2. The van der Waals surface area contributed by atoms with E-state index < -0.39 is 11.9 Å². The van der Waals surface area contributed by atoms with Gasteiger partial charge >= 0.3 is 6.18 Å². The van der Waals surface area contributed by atoms with Crippen LogP contribution < -0.4 is 16.6 Å². The zero-order chi connectivity index (χ0) is 14.6. The number of anilines is 2. The van der Waals surface area contributed by atoms with Gasteiger partial charge in [0, 0.05) is 35.1 Å². The number of hydrazine groups is 1. The Morgan fingerprint density at radius 2 is 2.15 bits per heavy atom. The minimum absolute atomic E-state index is 0.122. The monoisotopic (exact) mass is 325 g/mol. The molecule has 0 saturated carbocycles. The maximum Gasteiger partial charge on any atom is 0.433 e. The van der Waals surface area contributed by atoms with Crippen molar-refractivity contribution in [2.45, 2.75) is 11.4 Å². The van der Waals surface area contributed by atoms with Crippen LogP contribution in [0.1, 0.15) is 5.69 Å². The summed E-state index contributed by atoms with van der Waals surface area (Å²) in [5, 5.41) is 3.29. The van der Waals surface area contributed by atoms with Gasteiger partial charge in [-0.1, -0.05) is 0 Å². The number of nitrogens with two attached hydrogens (primary N) is 1. The van der Waals surface area contributed by atoms with Crippen molar-refractivity contribution in [3.8, 4) is 0 Å². The van der Waals surface area contributed by atoms with Gasteiger partial charge in [-0.15, -0.1) is 0 Å². The molecule has 1 unspecified atom stereocenters. The van der Waals surface area contributed by atoms with Crippen molar-refractivity contribution >= 4 is 35.3 Å². The van der Waals surface area contributed by atoms with Crippen LogP contribution in [-0.2, 0) is 6.18 Å². The molecule has 0 spiro atoms.